The number of nitrogens with one attached hydrogen (secondary N) is 2. The lowest BCUT2D eigenvalue weighted by atomic mass is 9.87. The summed E-state index contributed by atoms with van der Waals surface area (Å²) in [6.45, 7) is 0.149. The summed E-state index contributed by atoms with van der Waals surface area (Å²) in [7, 11) is 1.49. The fourth-order valence-corrected chi connectivity index (χ4v) is 3.68. The van der Waals surface area contributed by atoms with Crippen LogP contribution in [-0.4, -0.2) is 18.0 Å². The predicted octanol–water partition coefficient (Wildman–Crippen LogP) is 5.03. The molecule has 0 aliphatic rings. The van der Waals surface area contributed by atoms with Gasteiger partial charge in [-0.3, -0.25) is 4.79 Å². The van der Waals surface area contributed by atoms with Gasteiger partial charge in [-0.25, -0.2) is 13.2 Å². The van der Waals surface area contributed by atoms with E-state index in [9.17, 15) is 18.0 Å². The molecule has 1 atom stereocenters. The summed E-state index contributed by atoms with van der Waals surface area (Å²) < 4.78 is 52.9. The number of amides is 1. The molecule has 2 aromatic carbocycles. The normalized spacial score (nSPS) is 12.1. The van der Waals surface area contributed by atoms with Gasteiger partial charge in [0.1, 0.15) is 11.5 Å². The Bertz CT molecular complexity index is 1220. The maximum absolute atomic E-state index is 14.7. The maximum atomic E-state index is 14.7. The van der Waals surface area contributed by atoms with Gasteiger partial charge in [0.25, 0.3) is 0 Å². The number of fused-ring (bicyclic) bond motifs is 1. The third-order valence-corrected chi connectivity index (χ3v) is 5.16. The molecule has 4 rings (SSSR count). The Morgan fingerprint density at radius 3 is 2.68 bits per heavy atom. The van der Waals surface area contributed by atoms with E-state index in [1.807, 2.05) is 0 Å². The molecule has 0 aliphatic heterocycles. The monoisotopic (exact) mass is 428 g/mol. The maximum Gasteiger partial charge on any atom is 0.221 e. The molecule has 2 N–H and O–H groups in total. The van der Waals surface area contributed by atoms with Crippen molar-refractivity contribution in [2.75, 3.05) is 7.11 Å². The molecular formula is C23H19F3N2O3. The average Bonchev–Trinajstić information content (AvgIpc) is 3.45. The number of ether oxygens (including phenoxy) is 1. The van der Waals surface area contributed by atoms with Crippen molar-refractivity contribution in [3.05, 3.63) is 89.3 Å². The summed E-state index contributed by atoms with van der Waals surface area (Å²) in [5.74, 6) is -4.43. The first kappa shape index (κ1) is 20.6. The number of furan rings is 1. The lowest BCUT2D eigenvalue weighted by Gasteiger charge is -2.19. The molecule has 2 heterocycles. The SMILES string of the molecule is COc1cccc2[nH]cc([C@@H](CC(=O)NCc3ccco3)c3ccc(F)c(F)c3F)c12. The number of benzene rings is 2. The minimum atomic E-state index is -1.58. The number of hydrogen-bond donors (Lipinski definition) is 2. The molecule has 0 saturated carbocycles. The molecular weight excluding hydrogens is 409 g/mol. The van der Waals surface area contributed by atoms with Crippen LogP contribution in [0.15, 0.2) is 59.3 Å². The summed E-state index contributed by atoms with van der Waals surface area (Å²) in [5, 5.41) is 3.34. The largest absolute Gasteiger partial charge is 0.496 e. The third-order valence-electron chi connectivity index (χ3n) is 5.16. The minimum Gasteiger partial charge on any atom is -0.496 e. The van der Waals surface area contributed by atoms with E-state index >= 15 is 0 Å². The number of aromatic amines is 1. The van der Waals surface area contributed by atoms with Gasteiger partial charge < -0.3 is 19.5 Å². The van der Waals surface area contributed by atoms with Gasteiger partial charge >= 0.3 is 0 Å². The fraction of sp³-hybridized carbons (Fsp3) is 0.174. The van der Waals surface area contributed by atoms with Crippen LogP contribution in [0.2, 0.25) is 0 Å². The smallest absolute Gasteiger partial charge is 0.221 e. The first-order chi connectivity index (χ1) is 15.0. The van der Waals surface area contributed by atoms with Crippen molar-refractivity contribution in [2.24, 2.45) is 0 Å². The van der Waals surface area contributed by atoms with E-state index < -0.39 is 29.3 Å². The molecule has 4 aromatic rings. The van der Waals surface area contributed by atoms with Crippen molar-refractivity contribution in [1.82, 2.24) is 10.3 Å². The van der Waals surface area contributed by atoms with Crippen molar-refractivity contribution in [3.8, 4) is 5.75 Å². The van der Waals surface area contributed by atoms with Gasteiger partial charge in [-0.1, -0.05) is 12.1 Å². The summed E-state index contributed by atoms with van der Waals surface area (Å²) >= 11 is 0. The highest BCUT2D eigenvalue weighted by molar-refractivity contribution is 5.91. The number of hydrogen-bond acceptors (Lipinski definition) is 3. The molecule has 0 radical (unpaired) electrons. The highest BCUT2D eigenvalue weighted by atomic mass is 19.2. The van der Waals surface area contributed by atoms with Gasteiger partial charge in [0.2, 0.25) is 5.91 Å². The number of rotatable bonds is 7. The topological polar surface area (TPSA) is 67.3 Å². The Morgan fingerprint density at radius 1 is 1.10 bits per heavy atom. The van der Waals surface area contributed by atoms with Crippen molar-refractivity contribution in [3.63, 3.8) is 0 Å². The van der Waals surface area contributed by atoms with E-state index in [-0.39, 0.29) is 18.5 Å². The van der Waals surface area contributed by atoms with Gasteiger partial charge in [-0.05, 0) is 41.5 Å². The highest BCUT2D eigenvalue weighted by Crippen LogP contribution is 2.39. The quantitative estimate of drug-likeness (QED) is 0.406. The molecule has 8 heteroatoms. The summed E-state index contributed by atoms with van der Waals surface area (Å²) in [5.41, 5.74) is 1.11. The van der Waals surface area contributed by atoms with E-state index in [4.69, 9.17) is 9.15 Å². The van der Waals surface area contributed by atoms with E-state index in [0.717, 1.165) is 12.1 Å². The third kappa shape index (κ3) is 4.01. The number of aromatic nitrogens is 1. The van der Waals surface area contributed by atoms with Crippen LogP contribution >= 0.6 is 0 Å². The molecule has 1 amide bonds. The van der Waals surface area contributed by atoms with Gasteiger partial charge in [0, 0.05) is 29.4 Å². The Morgan fingerprint density at radius 2 is 1.94 bits per heavy atom. The highest BCUT2D eigenvalue weighted by Gasteiger charge is 2.28. The Hall–Kier alpha value is -3.68. The van der Waals surface area contributed by atoms with E-state index in [1.165, 1.54) is 13.4 Å². The molecule has 0 aliphatic carbocycles. The molecule has 160 valence electrons. The van der Waals surface area contributed by atoms with Gasteiger partial charge in [0.05, 0.1) is 19.9 Å². The second-order valence-electron chi connectivity index (χ2n) is 7.00. The van der Waals surface area contributed by atoms with Crippen LogP contribution in [0.1, 0.15) is 29.2 Å². The zero-order chi connectivity index (χ0) is 22.0. The van der Waals surface area contributed by atoms with E-state index in [2.05, 4.69) is 10.3 Å². The first-order valence-electron chi connectivity index (χ1n) is 9.56. The van der Waals surface area contributed by atoms with Crippen LogP contribution < -0.4 is 10.1 Å². The zero-order valence-corrected chi connectivity index (χ0v) is 16.5. The molecule has 0 bridgehead atoms. The van der Waals surface area contributed by atoms with Gasteiger partial charge in [0.15, 0.2) is 17.5 Å². The van der Waals surface area contributed by atoms with Crippen molar-refractivity contribution in [1.29, 1.82) is 0 Å². The number of methoxy groups -OCH3 is 1. The minimum absolute atomic E-state index is 0.126. The predicted molar refractivity (Wildman–Crippen MR) is 108 cm³/mol. The Balaban J connectivity index is 1.75. The number of H-pyrrole nitrogens is 1. The first-order valence-corrected chi connectivity index (χ1v) is 9.56. The van der Waals surface area contributed by atoms with Crippen LogP contribution in [-0.2, 0) is 11.3 Å². The molecule has 0 spiro atoms. The number of carbonyl (C=O) groups is 1. The lowest BCUT2D eigenvalue weighted by molar-refractivity contribution is -0.121. The summed E-state index contributed by atoms with van der Waals surface area (Å²) in [4.78, 5) is 15.8. The number of halogens is 3. The molecule has 2 aromatic heterocycles. The summed E-state index contributed by atoms with van der Waals surface area (Å²) in [6.07, 6.45) is 2.91. The molecule has 0 unspecified atom stereocenters. The number of carbonyl (C=O) groups excluding carboxylic acids is 1. The molecule has 5 nitrogen and oxygen atoms in total. The van der Waals surface area contributed by atoms with Crippen LogP contribution in [0, 0.1) is 17.5 Å². The Labute approximate surface area is 175 Å². The van der Waals surface area contributed by atoms with Crippen LogP contribution in [0.4, 0.5) is 13.2 Å². The average molecular weight is 428 g/mol. The van der Waals surface area contributed by atoms with Gasteiger partial charge in [-0.2, -0.15) is 0 Å². The summed E-state index contributed by atoms with van der Waals surface area (Å²) in [6, 6.07) is 10.7. The second-order valence-corrected chi connectivity index (χ2v) is 7.00. The standard InChI is InChI=1S/C23H19F3N2O3/c1-30-19-6-2-5-18-21(19)16(12-27-18)15(14-7-8-17(24)23(26)22(14)25)10-20(29)28-11-13-4-3-9-31-13/h2-9,12,15,27H,10-11H2,1H3,(H,28,29)/t15-/m0/s1. The van der Waals surface area contributed by atoms with Crippen molar-refractivity contribution >= 4 is 16.8 Å². The zero-order valence-electron chi connectivity index (χ0n) is 16.5. The van der Waals surface area contributed by atoms with Crippen LogP contribution in [0.25, 0.3) is 10.9 Å². The second kappa shape index (κ2) is 8.59. The Kier molecular flexibility index (Phi) is 5.70. The molecule has 31 heavy (non-hydrogen) atoms. The van der Waals surface area contributed by atoms with E-state index in [1.54, 1.807) is 36.5 Å². The lowest BCUT2D eigenvalue weighted by Crippen LogP contribution is -2.25. The van der Waals surface area contributed by atoms with Crippen LogP contribution in [0.3, 0.4) is 0 Å². The fourth-order valence-electron chi connectivity index (χ4n) is 3.68. The van der Waals surface area contributed by atoms with Crippen molar-refractivity contribution < 1.29 is 27.1 Å². The van der Waals surface area contributed by atoms with E-state index in [0.29, 0.717) is 28.0 Å². The molecule has 0 saturated heterocycles. The van der Waals surface area contributed by atoms with Gasteiger partial charge in [-0.15, -0.1) is 0 Å². The van der Waals surface area contributed by atoms with Crippen molar-refractivity contribution in [2.45, 2.75) is 18.9 Å². The molecule has 0 fully saturated rings. The van der Waals surface area contributed by atoms with Crippen LogP contribution in [0.5, 0.6) is 5.75 Å².